The molecule has 0 aliphatic carbocycles. The maximum absolute atomic E-state index is 12.0. The van der Waals surface area contributed by atoms with Crippen molar-refractivity contribution in [2.75, 3.05) is 5.32 Å². The molecule has 1 amide bonds. The van der Waals surface area contributed by atoms with Crippen molar-refractivity contribution in [2.45, 2.75) is 26.2 Å². The van der Waals surface area contributed by atoms with E-state index in [0.717, 1.165) is 5.56 Å². The van der Waals surface area contributed by atoms with Crippen molar-refractivity contribution < 1.29 is 9.72 Å². The monoisotopic (exact) mass is 358 g/mol. The van der Waals surface area contributed by atoms with Crippen molar-refractivity contribution in [3.63, 3.8) is 0 Å². The Hall–Kier alpha value is -2.66. The van der Waals surface area contributed by atoms with E-state index in [-0.39, 0.29) is 21.8 Å². The van der Waals surface area contributed by atoms with Crippen LogP contribution in [0, 0.1) is 10.1 Å². The lowest BCUT2D eigenvalue weighted by molar-refractivity contribution is -0.384. The lowest BCUT2D eigenvalue weighted by Gasteiger charge is -2.18. The van der Waals surface area contributed by atoms with Crippen LogP contribution in [0.2, 0.25) is 5.02 Å². The van der Waals surface area contributed by atoms with Crippen LogP contribution in [0.25, 0.3) is 6.08 Å². The van der Waals surface area contributed by atoms with E-state index in [1.165, 1.54) is 29.8 Å². The molecule has 25 heavy (non-hydrogen) atoms. The van der Waals surface area contributed by atoms with E-state index in [4.69, 9.17) is 11.6 Å². The van der Waals surface area contributed by atoms with Crippen molar-refractivity contribution in [1.82, 2.24) is 0 Å². The van der Waals surface area contributed by atoms with Crippen LogP contribution in [-0.4, -0.2) is 10.8 Å². The van der Waals surface area contributed by atoms with E-state index in [2.05, 4.69) is 26.1 Å². The summed E-state index contributed by atoms with van der Waals surface area (Å²) in [6.45, 7) is 6.40. The highest BCUT2D eigenvalue weighted by Crippen LogP contribution is 2.27. The van der Waals surface area contributed by atoms with Crippen LogP contribution >= 0.6 is 11.6 Å². The number of hydrogen-bond acceptors (Lipinski definition) is 3. The van der Waals surface area contributed by atoms with Gasteiger partial charge in [-0.1, -0.05) is 56.6 Å². The van der Waals surface area contributed by atoms with Gasteiger partial charge in [-0.3, -0.25) is 14.9 Å². The number of nitro benzene ring substituents is 1. The van der Waals surface area contributed by atoms with Crippen LogP contribution in [0.1, 0.15) is 31.9 Å². The number of rotatable bonds is 4. The number of nitro groups is 1. The van der Waals surface area contributed by atoms with Crippen molar-refractivity contribution in [3.05, 3.63) is 74.8 Å². The highest BCUT2D eigenvalue weighted by Gasteiger charge is 2.13. The molecule has 2 aromatic rings. The minimum Gasteiger partial charge on any atom is -0.321 e. The number of nitrogens with one attached hydrogen (secondary N) is 1. The Morgan fingerprint density at radius 2 is 1.80 bits per heavy atom. The number of carbonyl (C=O) groups is 1. The van der Waals surface area contributed by atoms with E-state index < -0.39 is 10.8 Å². The van der Waals surface area contributed by atoms with Crippen molar-refractivity contribution in [1.29, 1.82) is 0 Å². The molecule has 130 valence electrons. The van der Waals surface area contributed by atoms with Crippen LogP contribution in [0.15, 0.2) is 48.5 Å². The quantitative estimate of drug-likeness (QED) is 0.464. The SMILES string of the molecule is CC(C)(C)c1ccc(C=CC(=O)Nc2cc([N+](=O)[O-])ccc2Cl)cc1. The van der Waals surface area contributed by atoms with Gasteiger partial charge in [0.15, 0.2) is 0 Å². The van der Waals surface area contributed by atoms with Crippen LogP contribution in [0.3, 0.4) is 0 Å². The van der Waals surface area contributed by atoms with E-state index in [1.54, 1.807) is 6.08 Å². The lowest BCUT2D eigenvalue weighted by Crippen LogP contribution is -2.10. The standard InChI is InChI=1S/C19H19ClN2O3/c1-19(2,3)14-7-4-13(5-8-14)6-11-18(23)21-17-12-15(22(24)25)9-10-16(17)20/h4-12H,1-3H3,(H,21,23). The molecule has 0 saturated carbocycles. The number of anilines is 1. The third-order valence-electron chi connectivity index (χ3n) is 3.62. The summed E-state index contributed by atoms with van der Waals surface area (Å²) in [5.41, 5.74) is 2.22. The molecule has 6 heteroatoms. The van der Waals surface area contributed by atoms with E-state index in [1.807, 2.05) is 24.3 Å². The fourth-order valence-electron chi connectivity index (χ4n) is 2.16. The van der Waals surface area contributed by atoms with Crippen molar-refractivity contribution in [2.24, 2.45) is 0 Å². The van der Waals surface area contributed by atoms with Gasteiger partial charge < -0.3 is 5.32 Å². The first-order valence-electron chi connectivity index (χ1n) is 7.70. The summed E-state index contributed by atoms with van der Waals surface area (Å²) in [7, 11) is 0. The Bertz CT molecular complexity index is 822. The van der Waals surface area contributed by atoms with Crippen LogP contribution < -0.4 is 5.32 Å². The zero-order valence-corrected chi connectivity index (χ0v) is 15.0. The minimum atomic E-state index is -0.543. The molecule has 0 atom stereocenters. The Morgan fingerprint density at radius 1 is 1.16 bits per heavy atom. The lowest BCUT2D eigenvalue weighted by atomic mass is 9.87. The molecule has 0 fully saturated rings. The normalized spacial score (nSPS) is 11.5. The summed E-state index contributed by atoms with van der Waals surface area (Å²) in [6.07, 6.45) is 3.04. The number of amides is 1. The summed E-state index contributed by atoms with van der Waals surface area (Å²) in [6, 6.07) is 11.8. The van der Waals surface area contributed by atoms with Gasteiger partial charge >= 0.3 is 0 Å². The Balaban J connectivity index is 2.08. The maximum atomic E-state index is 12.0. The van der Waals surface area contributed by atoms with Crippen molar-refractivity contribution >= 4 is 35.0 Å². The zero-order chi connectivity index (χ0) is 18.6. The van der Waals surface area contributed by atoms with Gasteiger partial charge in [0.1, 0.15) is 0 Å². The van der Waals surface area contributed by atoms with Gasteiger partial charge in [0.2, 0.25) is 5.91 Å². The molecular weight excluding hydrogens is 340 g/mol. The molecule has 0 aliphatic rings. The summed E-state index contributed by atoms with van der Waals surface area (Å²) < 4.78 is 0. The molecule has 0 bridgehead atoms. The maximum Gasteiger partial charge on any atom is 0.271 e. The second-order valence-electron chi connectivity index (χ2n) is 6.62. The van der Waals surface area contributed by atoms with Crippen LogP contribution in [0.5, 0.6) is 0 Å². The first-order chi connectivity index (χ1) is 11.7. The predicted octanol–water partition coefficient (Wildman–Crippen LogP) is 5.20. The summed E-state index contributed by atoms with van der Waals surface area (Å²) in [4.78, 5) is 22.3. The summed E-state index contributed by atoms with van der Waals surface area (Å²) in [5, 5.41) is 13.6. The first kappa shape index (κ1) is 18.7. The van der Waals surface area contributed by atoms with Gasteiger partial charge in [-0.05, 0) is 28.7 Å². The van der Waals surface area contributed by atoms with Gasteiger partial charge in [-0.2, -0.15) is 0 Å². The number of hydrogen-bond donors (Lipinski definition) is 1. The van der Waals surface area contributed by atoms with Crippen LogP contribution in [0.4, 0.5) is 11.4 Å². The highest BCUT2D eigenvalue weighted by atomic mass is 35.5. The van der Waals surface area contributed by atoms with Gasteiger partial charge in [-0.25, -0.2) is 0 Å². The number of benzene rings is 2. The third-order valence-corrected chi connectivity index (χ3v) is 3.95. The number of non-ortho nitro benzene ring substituents is 1. The first-order valence-corrected chi connectivity index (χ1v) is 8.08. The van der Waals surface area contributed by atoms with Gasteiger partial charge in [-0.15, -0.1) is 0 Å². The molecule has 0 saturated heterocycles. The number of carbonyl (C=O) groups excluding carboxylic acids is 1. The van der Waals surface area contributed by atoms with Gasteiger partial charge in [0.25, 0.3) is 5.69 Å². The smallest absolute Gasteiger partial charge is 0.271 e. The molecule has 0 unspecified atom stereocenters. The largest absolute Gasteiger partial charge is 0.321 e. The molecule has 1 N–H and O–H groups in total. The van der Waals surface area contributed by atoms with Crippen LogP contribution in [-0.2, 0) is 10.2 Å². The Morgan fingerprint density at radius 3 is 2.36 bits per heavy atom. The second-order valence-corrected chi connectivity index (χ2v) is 7.02. The van der Waals surface area contributed by atoms with Crippen molar-refractivity contribution in [3.8, 4) is 0 Å². The Labute approximate surface area is 151 Å². The molecule has 0 spiro atoms. The molecule has 0 radical (unpaired) electrons. The molecule has 0 aromatic heterocycles. The number of halogens is 1. The average molecular weight is 359 g/mol. The van der Waals surface area contributed by atoms with Gasteiger partial charge in [0, 0.05) is 18.2 Å². The summed E-state index contributed by atoms with van der Waals surface area (Å²) in [5.74, 6) is -0.415. The molecule has 0 heterocycles. The predicted molar refractivity (Wildman–Crippen MR) is 101 cm³/mol. The molecule has 5 nitrogen and oxygen atoms in total. The second kappa shape index (κ2) is 7.49. The average Bonchev–Trinajstić information content (AvgIpc) is 2.54. The molecular formula is C19H19ClN2O3. The van der Waals surface area contributed by atoms with E-state index in [9.17, 15) is 14.9 Å². The molecule has 2 rings (SSSR count). The molecule has 0 aliphatic heterocycles. The highest BCUT2D eigenvalue weighted by molar-refractivity contribution is 6.34. The fourth-order valence-corrected chi connectivity index (χ4v) is 2.33. The molecule has 2 aromatic carbocycles. The third kappa shape index (κ3) is 5.16. The van der Waals surface area contributed by atoms with E-state index >= 15 is 0 Å². The van der Waals surface area contributed by atoms with E-state index in [0.29, 0.717) is 0 Å². The summed E-state index contributed by atoms with van der Waals surface area (Å²) >= 11 is 5.96. The topological polar surface area (TPSA) is 72.2 Å². The Kier molecular flexibility index (Phi) is 5.59. The minimum absolute atomic E-state index is 0.0679. The zero-order valence-electron chi connectivity index (χ0n) is 14.2. The fraction of sp³-hybridized carbons (Fsp3) is 0.211. The van der Waals surface area contributed by atoms with Gasteiger partial charge in [0.05, 0.1) is 15.6 Å². The number of nitrogens with zero attached hydrogens (tertiary/aromatic N) is 1.